The third-order valence-electron chi connectivity index (χ3n) is 1.88. The van der Waals surface area contributed by atoms with Crippen molar-refractivity contribution in [2.75, 3.05) is 18.5 Å². The first kappa shape index (κ1) is 13.7. The Kier molecular flexibility index (Phi) is 5.69. The van der Waals surface area contributed by atoms with E-state index in [0.717, 1.165) is 25.0 Å². The summed E-state index contributed by atoms with van der Waals surface area (Å²) >= 11 is 5.77. The van der Waals surface area contributed by atoms with Gasteiger partial charge in [-0.3, -0.25) is 0 Å². The van der Waals surface area contributed by atoms with E-state index >= 15 is 0 Å². The molecule has 0 saturated carbocycles. The van der Waals surface area contributed by atoms with Crippen molar-refractivity contribution in [2.24, 2.45) is 0 Å². The molecule has 6 heteroatoms. The van der Waals surface area contributed by atoms with Gasteiger partial charge in [-0.15, -0.1) is 6.58 Å². The van der Waals surface area contributed by atoms with Crippen molar-refractivity contribution in [2.45, 2.75) is 26.7 Å². The van der Waals surface area contributed by atoms with Crippen LogP contribution in [0.5, 0.6) is 6.01 Å². The molecule has 17 heavy (non-hydrogen) atoms. The van der Waals surface area contributed by atoms with Gasteiger partial charge >= 0.3 is 6.01 Å². The van der Waals surface area contributed by atoms with Crippen LogP contribution >= 0.6 is 11.6 Å². The zero-order valence-corrected chi connectivity index (χ0v) is 10.9. The average Bonchev–Trinajstić information content (AvgIpc) is 2.25. The van der Waals surface area contributed by atoms with E-state index < -0.39 is 0 Å². The minimum Gasteiger partial charge on any atom is -0.463 e. The van der Waals surface area contributed by atoms with Crippen molar-refractivity contribution in [1.82, 2.24) is 15.0 Å². The van der Waals surface area contributed by atoms with Crippen LogP contribution in [0.3, 0.4) is 0 Å². The SMILES string of the molecule is C=C(C)CCOc1nc(Cl)nc(NCCC)n1. The second-order valence-corrected chi connectivity index (χ2v) is 4.03. The zero-order chi connectivity index (χ0) is 12.7. The average molecular weight is 257 g/mol. The quantitative estimate of drug-likeness (QED) is 0.760. The number of rotatable bonds is 7. The molecule has 0 amide bonds. The number of halogens is 1. The van der Waals surface area contributed by atoms with Crippen molar-refractivity contribution < 1.29 is 4.74 Å². The van der Waals surface area contributed by atoms with Crippen LogP contribution < -0.4 is 10.1 Å². The molecule has 0 aromatic carbocycles. The molecule has 1 aromatic rings. The number of hydrogen-bond acceptors (Lipinski definition) is 5. The molecule has 0 aliphatic heterocycles. The predicted molar refractivity (Wildman–Crippen MR) is 68.5 cm³/mol. The second kappa shape index (κ2) is 7.06. The summed E-state index contributed by atoms with van der Waals surface area (Å²) in [4.78, 5) is 11.9. The second-order valence-electron chi connectivity index (χ2n) is 3.69. The number of nitrogens with zero attached hydrogens (tertiary/aromatic N) is 3. The highest BCUT2D eigenvalue weighted by molar-refractivity contribution is 6.28. The van der Waals surface area contributed by atoms with E-state index in [1.54, 1.807) is 0 Å². The zero-order valence-electron chi connectivity index (χ0n) is 10.2. The number of hydrogen-bond donors (Lipinski definition) is 1. The molecule has 5 nitrogen and oxygen atoms in total. The Balaban J connectivity index is 2.58. The predicted octanol–water partition coefficient (Wildman–Crippen LogP) is 2.69. The molecule has 0 spiro atoms. The maximum Gasteiger partial charge on any atom is 0.322 e. The van der Waals surface area contributed by atoms with E-state index in [2.05, 4.69) is 33.8 Å². The molecule has 0 aliphatic rings. The maximum atomic E-state index is 5.77. The fourth-order valence-corrected chi connectivity index (χ4v) is 1.18. The van der Waals surface area contributed by atoms with Crippen LogP contribution in [0.4, 0.5) is 5.95 Å². The highest BCUT2D eigenvalue weighted by atomic mass is 35.5. The molecular weight excluding hydrogens is 240 g/mol. The largest absolute Gasteiger partial charge is 0.463 e. The molecule has 94 valence electrons. The van der Waals surface area contributed by atoms with Crippen LogP contribution in [-0.4, -0.2) is 28.1 Å². The molecular formula is C11H17ClN4O. The van der Waals surface area contributed by atoms with Crippen LogP contribution in [0.1, 0.15) is 26.7 Å². The molecule has 0 bridgehead atoms. The summed E-state index contributed by atoms with van der Waals surface area (Å²) in [6.07, 6.45) is 1.75. The van der Waals surface area contributed by atoms with Gasteiger partial charge in [0.1, 0.15) is 0 Å². The summed E-state index contributed by atoms with van der Waals surface area (Å²) in [6.45, 7) is 9.06. The molecule has 0 unspecified atom stereocenters. The fourth-order valence-electron chi connectivity index (χ4n) is 1.03. The molecule has 1 rings (SSSR count). The van der Waals surface area contributed by atoms with Crippen LogP contribution in [0.2, 0.25) is 5.28 Å². The van der Waals surface area contributed by atoms with Gasteiger partial charge in [0.25, 0.3) is 0 Å². The van der Waals surface area contributed by atoms with E-state index in [1.165, 1.54) is 0 Å². The van der Waals surface area contributed by atoms with Gasteiger partial charge in [-0.2, -0.15) is 15.0 Å². The van der Waals surface area contributed by atoms with Crippen molar-refractivity contribution in [3.63, 3.8) is 0 Å². The van der Waals surface area contributed by atoms with Gasteiger partial charge in [-0.1, -0.05) is 12.5 Å². The molecule has 0 aliphatic carbocycles. The van der Waals surface area contributed by atoms with Crippen LogP contribution in [0.25, 0.3) is 0 Å². The Hall–Kier alpha value is -1.36. The molecule has 1 heterocycles. The first-order valence-electron chi connectivity index (χ1n) is 5.54. The first-order chi connectivity index (χ1) is 8.11. The maximum absolute atomic E-state index is 5.77. The Morgan fingerprint density at radius 2 is 2.18 bits per heavy atom. The van der Waals surface area contributed by atoms with Crippen LogP contribution in [-0.2, 0) is 0 Å². The van der Waals surface area contributed by atoms with Crippen LogP contribution in [0.15, 0.2) is 12.2 Å². The fraction of sp³-hybridized carbons (Fsp3) is 0.545. The lowest BCUT2D eigenvalue weighted by Crippen LogP contribution is -2.08. The third kappa shape index (κ3) is 5.49. The summed E-state index contributed by atoms with van der Waals surface area (Å²) < 4.78 is 5.37. The summed E-state index contributed by atoms with van der Waals surface area (Å²) in [5, 5.41) is 3.16. The summed E-state index contributed by atoms with van der Waals surface area (Å²) in [5.41, 5.74) is 1.05. The van der Waals surface area contributed by atoms with Gasteiger partial charge in [0.2, 0.25) is 11.2 Å². The monoisotopic (exact) mass is 256 g/mol. The highest BCUT2D eigenvalue weighted by Crippen LogP contribution is 2.11. The number of aromatic nitrogens is 3. The summed E-state index contributed by atoms with van der Waals surface area (Å²) in [5.74, 6) is 0.442. The van der Waals surface area contributed by atoms with Crippen LogP contribution in [0, 0.1) is 0 Å². The van der Waals surface area contributed by atoms with E-state index in [9.17, 15) is 0 Å². The summed E-state index contributed by atoms with van der Waals surface area (Å²) in [6, 6.07) is 0.241. The van der Waals surface area contributed by atoms with Gasteiger partial charge in [0, 0.05) is 13.0 Å². The standard InChI is InChI=1S/C11H17ClN4O/c1-4-6-13-10-14-9(12)15-11(16-10)17-7-5-8(2)3/h2,4-7H2,1,3H3,(H,13,14,15,16). The lowest BCUT2D eigenvalue weighted by atomic mass is 10.3. The molecule has 0 fully saturated rings. The molecule has 0 atom stereocenters. The minimum absolute atomic E-state index is 0.129. The Bertz CT molecular complexity index is 384. The number of ether oxygens (including phenoxy) is 1. The third-order valence-corrected chi connectivity index (χ3v) is 2.05. The minimum atomic E-state index is 0.129. The Morgan fingerprint density at radius 3 is 2.82 bits per heavy atom. The van der Waals surface area contributed by atoms with Gasteiger partial charge in [0.15, 0.2) is 0 Å². The van der Waals surface area contributed by atoms with E-state index in [0.29, 0.717) is 12.6 Å². The molecule has 0 saturated heterocycles. The van der Waals surface area contributed by atoms with E-state index in [1.807, 2.05) is 6.92 Å². The Labute approximate surface area is 106 Å². The lowest BCUT2D eigenvalue weighted by Gasteiger charge is -2.07. The van der Waals surface area contributed by atoms with Crippen molar-refractivity contribution in [3.8, 4) is 6.01 Å². The van der Waals surface area contributed by atoms with E-state index in [-0.39, 0.29) is 11.3 Å². The van der Waals surface area contributed by atoms with E-state index in [4.69, 9.17) is 16.3 Å². The highest BCUT2D eigenvalue weighted by Gasteiger charge is 2.05. The van der Waals surface area contributed by atoms with Crippen molar-refractivity contribution >= 4 is 17.5 Å². The van der Waals surface area contributed by atoms with Gasteiger partial charge in [-0.05, 0) is 24.9 Å². The topological polar surface area (TPSA) is 59.9 Å². The van der Waals surface area contributed by atoms with Crippen molar-refractivity contribution in [3.05, 3.63) is 17.4 Å². The smallest absolute Gasteiger partial charge is 0.322 e. The normalized spacial score (nSPS) is 10.1. The molecule has 1 aromatic heterocycles. The van der Waals surface area contributed by atoms with Crippen molar-refractivity contribution in [1.29, 1.82) is 0 Å². The summed E-state index contributed by atoms with van der Waals surface area (Å²) in [7, 11) is 0. The Morgan fingerprint density at radius 1 is 1.41 bits per heavy atom. The number of anilines is 1. The first-order valence-corrected chi connectivity index (χ1v) is 5.92. The van der Waals surface area contributed by atoms with Gasteiger partial charge < -0.3 is 10.1 Å². The van der Waals surface area contributed by atoms with Gasteiger partial charge in [0.05, 0.1) is 6.61 Å². The number of nitrogens with one attached hydrogen (secondary N) is 1. The van der Waals surface area contributed by atoms with Gasteiger partial charge in [-0.25, -0.2) is 0 Å². The molecule has 0 radical (unpaired) electrons. The lowest BCUT2D eigenvalue weighted by molar-refractivity contribution is 0.295. The molecule has 1 N–H and O–H groups in total.